The third-order valence-electron chi connectivity index (χ3n) is 4.34. The molecule has 3 aromatic heterocycles. The Morgan fingerprint density at radius 1 is 1.21 bits per heavy atom. The fraction of sp³-hybridized carbons (Fsp3) is 0.278. The molecule has 4 N–H and O–H groups in total. The first-order chi connectivity index (χ1) is 13.2. The average Bonchev–Trinajstić information content (AvgIpc) is 3.27. The summed E-state index contributed by atoms with van der Waals surface area (Å²) in [6, 6.07) is 5.82. The van der Waals surface area contributed by atoms with Crippen molar-refractivity contribution in [3.8, 4) is 5.75 Å². The van der Waals surface area contributed by atoms with Gasteiger partial charge in [0.05, 0.1) is 29.4 Å². The molecule has 0 spiro atoms. The summed E-state index contributed by atoms with van der Waals surface area (Å²) in [5.41, 5.74) is 3.65. The van der Waals surface area contributed by atoms with Crippen LogP contribution in [0, 0.1) is 0 Å². The summed E-state index contributed by atoms with van der Waals surface area (Å²) in [6.07, 6.45) is 4.39. The van der Waals surface area contributed by atoms with E-state index in [2.05, 4.69) is 35.8 Å². The van der Waals surface area contributed by atoms with E-state index in [1.165, 1.54) is 0 Å². The zero-order chi connectivity index (χ0) is 18.6. The number of rotatable bonds is 8. The van der Waals surface area contributed by atoms with Crippen LogP contribution in [0.2, 0.25) is 5.02 Å². The standard InChI is InChI=1S/C18H20ClN7O.2ClH/c1-27-12-7-11(16-13(8-12)14(19)10-22-16)9-20-4-2-5-21-18-24-15-3-6-23-26-17(15)25-18;;/h3,6-8,10,20,22H,2,4-5,9H2,1H3,(H2,21,24,25,26);2*1H. The maximum Gasteiger partial charge on any atom is 0.202 e. The molecule has 8 nitrogen and oxygen atoms in total. The second-order valence-corrected chi connectivity index (χ2v) is 6.56. The van der Waals surface area contributed by atoms with Crippen LogP contribution in [0.15, 0.2) is 30.6 Å². The lowest BCUT2D eigenvalue weighted by Crippen LogP contribution is -2.18. The molecule has 0 atom stereocenters. The minimum absolute atomic E-state index is 0. The first-order valence-corrected chi connectivity index (χ1v) is 9.08. The number of nitrogens with one attached hydrogen (secondary N) is 4. The van der Waals surface area contributed by atoms with E-state index in [0.29, 0.717) is 16.6 Å². The van der Waals surface area contributed by atoms with Gasteiger partial charge in [0.15, 0.2) is 0 Å². The molecule has 0 amide bonds. The van der Waals surface area contributed by atoms with Crippen LogP contribution in [0.3, 0.4) is 0 Å². The Hall–Kier alpha value is -2.26. The number of anilines is 1. The van der Waals surface area contributed by atoms with E-state index < -0.39 is 0 Å². The van der Waals surface area contributed by atoms with Crippen molar-refractivity contribution in [1.82, 2.24) is 30.5 Å². The Kier molecular flexibility index (Phi) is 8.33. The van der Waals surface area contributed by atoms with E-state index in [1.807, 2.05) is 18.2 Å². The minimum atomic E-state index is 0. The van der Waals surface area contributed by atoms with Crippen molar-refractivity contribution in [2.75, 3.05) is 25.5 Å². The Balaban J connectivity index is 0.00000150. The van der Waals surface area contributed by atoms with E-state index in [-0.39, 0.29) is 24.8 Å². The highest BCUT2D eigenvalue weighted by molar-refractivity contribution is 6.35. The van der Waals surface area contributed by atoms with Gasteiger partial charge in [0.2, 0.25) is 11.6 Å². The molecule has 0 fully saturated rings. The maximum absolute atomic E-state index is 6.23. The van der Waals surface area contributed by atoms with Crippen LogP contribution < -0.4 is 15.4 Å². The summed E-state index contributed by atoms with van der Waals surface area (Å²) in [4.78, 5) is 10.7. The number of hydrogen-bond donors (Lipinski definition) is 4. The number of nitrogens with zero attached hydrogens (tertiary/aromatic N) is 3. The van der Waals surface area contributed by atoms with E-state index in [9.17, 15) is 0 Å². The first kappa shape index (κ1) is 23.0. The second-order valence-electron chi connectivity index (χ2n) is 6.16. The van der Waals surface area contributed by atoms with Crippen LogP contribution in [0.4, 0.5) is 5.95 Å². The predicted octanol–water partition coefficient (Wildman–Crippen LogP) is 3.93. The van der Waals surface area contributed by atoms with Gasteiger partial charge in [-0.1, -0.05) is 11.6 Å². The Bertz CT molecular complexity index is 1030. The summed E-state index contributed by atoms with van der Waals surface area (Å²) in [5.74, 6) is 1.51. The van der Waals surface area contributed by atoms with Crippen LogP contribution in [0.25, 0.3) is 22.1 Å². The van der Waals surface area contributed by atoms with Crippen molar-refractivity contribution in [2.45, 2.75) is 13.0 Å². The molecule has 3 heterocycles. The molecule has 0 aliphatic rings. The van der Waals surface area contributed by atoms with Crippen molar-refractivity contribution in [3.05, 3.63) is 41.2 Å². The number of fused-ring (bicyclic) bond motifs is 2. The molecule has 1 aromatic carbocycles. The molecular formula is C18H22Cl3N7O. The van der Waals surface area contributed by atoms with E-state index in [4.69, 9.17) is 16.3 Å². The van der Waals surface area contributed by atoms with Gasteiger partial charge in [-0.2, -0.15) is 10.1 Å². The monoisotopic (exact) mass is 457 g/mol. The van der Waals surface area contributed by atoms with Crippen molar-refractivity contribution >= 4 is 64.4 Å². The number of aromatic amines is 2. The van der Waals surface area contributed by atoms with Crippen molar-refractivity contribution in [2.24, 2.45) is 0 Å². The molecule has 4 aromatic rings. The smallest absolute Gasteiger partial charge is 0.202 e. The molecule has 0 unspecified atom stereocenters. The highest BCUT2D eigenvalue weighted by atomic mass is 35.5. The highest BCUT2D eigenvalue weighted by Gasteiger charge is 2.09. The average molecular weight is 459 g/mol. The summed E-state index contributed by atoms with van der Waals surface area (Å²) >= 11 is 6.23. The highest BCUT2D eigenvalue weighted by Crippen LogP contribution is 2.30. The SMILES string of the molecule is COc1cc(CNCCCNc2nc3nnccc3[nH]2)c2[nH]cc(Cl)c2c1.Cl.Cl. The maximum atomic E-state index is 6.23. The molecule has 4 rings (SSSR count). The van der Waals surface area contributed by atoms with Gasteiger partial charge in [-0.05, 0) is 36.7 Å². The van der Waals surface area contributed by atoms with Crippen LogP contribution in [0.1, 0.15) is 12.0 Å². The van der Waals surface area contributed by atoms with Crippen LogP contribution in [-0.2, 0) is 6.54 Å². The van der Waals surface area contributed by atoms with E-state index in [1.54, 1.807) is 19.5 Å². The zero-order valence-electron chi connectivity index (χ0n) is 15.7. The third-order valence-corrected chi connectivity index (χ3v) is 4.65. The minimum Gasteiger partial charge on any atom is -0.497 e. The van der Waals surface area contributed by atoms with Crippen molar-refractivity contribution in [1.29, 1.82) is 0 Å². The van der Waals surface area contributed by atoms with Gasteiger partial charge in [-0.3, -0.25) is 0 Å². The van der Waals surface area contributed by atoms with Gasteiger partial charge in [-0.15, -0.1) is 29.9 Å². The molecule has 29 heavy (non-hydrogen) atoms. The number of imidazole rings is 1. The van der Waals surface area contributed by atoms with Crippen LogP contribution in [0.5, 0.6) is 5.75 Å². The molecule has 11 heteroatoms. The topological polar surface area (TPSA) is 104 Å². The molecular weight excluding hydrogens is 437 g/mol. The van der Waals surface area contributed by atoms with Gasteiger partial charge in [0.25, 0.3) is 0 Å². The van der Waals surface area contributed by atoms with Crippen LogP contribution in [-0.4, -0.2) is 45.3 Å². The number of halogens is 3. The lowest BCUT2D eigenvalue weighted by atomic mass is 10.1. The number of benzene rings is 1. The molecule has 0 saturated carbocycles. The largest absolute Gasteiger partial charge is 0.497 e. The predicted molar refractivity (Wildman–Crippen MR) is 121 cm³/mol. The summed E-state index contributed by atoms with van der Waals surface area (Å²) in [5, 5.41) is 16.2. The normalized spacial score (nSPS) is 10.6. The Morgan fingerprint density at radius 2 is 2.07 bits per heavy atom. The molecule has 0 bridgehead atoms. The van der Waals surface area contributed by atoms with Gasteiger partial charge in [0.1, 0.15) is 5.75 Å². The number of aromatic nitrogens is 5. The number of ether oxygens (including phenoxy) is 1. The third kappa shape index (κ3) is 5.22. The molecule has 0 aliphatic heterocycles. The Morgan fingerprint density at radius 3 is 2.86 bits per heavy atom. The van der Waals surface area contributed by atoms with Gasteiger partial charge >= 0.3 is 0 Å². The quantitative estimate of drug-likeness (QED) is 0.298. The van der Waals surface area contributed by atoms with E-state index >= 15 is 0 Å². The van der Waals surface area contributed by atoms with Gasteiger partial charge in [-0.25, -0.2) is 0 Å². The summed E-state index contributed by atoms with van der Waals surface area (Å²) in [7, 11) is 1.66. The van der Waals surface area contributed by atoms with Crippen molar-refractivity contribution < 1.29 is 4.74 Å². The fourth-order valence-electron chi connectivity index (χ4n) is 3.00. The van der Waals surface area contributed by atoms with Gasteiger partial charge < -0.3 is 25.3 Å². The van der Waals surface area contributed by atoms with Crippen molar-refractivity contribution in [3.63, 3.8) is 0 Å². The van der Waals surface area contributed by atoms with Crippen LogP contribution >= 0.6 is 36.4 Å². The summed E-state index contributed by atoms with van der Waals surface area (Å²) < 4.78 is 5.38. The fourth-order valence-corrected chi connectivity index (χ4v) is 3.20. The zero-order valence-corrected chi connectivity index (χ0v) is 18.0. The lowest BCUT2D eigenvalue weighted by Gasteiger charge is -2.09. The second kappa shape index (κ2) is 10.5. The summed E-state index contributed by atoms with van der Waals surface area (Å²) in [6.45, 7) is 2.38. The Labute approximate surface area is 185 Å². The first-order valence-electron chi connectivity index (χ1n) is 8.70. The number of methoxy groups -OCH3 is 1. The lowest BCUT2D eigenvalue weighted by molar-refractivity contribution is 0.414. The molecule has 0 radical (unpaired) electrons. The van der Waals surface area contributed by atoms with E-state index in [0.717, 1.165) is 53.8 Å². The number of H-pyrrole nitrogens is 2. The molecule has 0 aliphatic carbocycles. The molecule has 0 saturated heterocycles. The molecule has 156 valence electrons. The number of hydrogen-bond acceptors (Lipinski definition) is 6. The van der Waals surface area contributed by atoms with Gasteiger partial charge in [0, 0.05) is 24.7 Å².